The molecule has 1 aromatic carbocycles. The van der Waals surface area contributed by atoms with E-state index >= 15 is 0 Å². The number of allylic oxidation sites excluding steroid dienone is 2. The van der Waals surface area contributed by atoms with Crippen molar-refractivity contribution in [2.24, 2.45) is 17.8 Å². The molecule has 6 atom stereocenters. The molecule has 6 heteroatoms. The molecule has 2 aliphatic heterocycles. The van der Waals surface area contributed by atoms with Crippen molar-refractivity contribution >= 4 is 17.7 Å². The molecule has 1 fully saturated rings. The molecule has 3 aliphatic rings. The third kappa shape index (κ3) is 4.05. The number of aliphatic hydroxyl groups excluding tert-OH is 1. The molecule has 1 saturated heterocycles. The zero-order valence-corrected chi connectivity index (χ0v) is 20.2. The maximum Gasteiger partial charge on any atom is 0.310 e. The molecular formula is C28H33NO5. The van der Waals surface area contributed by atoms with E-state index in [1.807, 2.05) is 57.2 Å². The van der Waals surface area contributed by atoms with Crippen molar-refractivity contribution in [1.82, 2.24) is 5.32 Å². The number of carbonyl (C=O) groups excluding carboxylic acids is 3. The standard InChI is InChI=1S/C28H33NO5/c1-16-9-8-12-21-26(32)19(4)18(3)24-22(15-20-10-6-5-7-11-20)29-27(33)28(21,24)34-23(30)14-13-17(2)25(16)31/h5-8,10-13,16,21-22,24,26,32H,9,14-15H2,1-4H3,(H,29,33)/b12-8+,17-13+/t16-,21-,22-,24-,26+,28+/m0/s1. The highest BCUT2D eigenvalue weighted by Gasteiger charge is 2.66. The second-order valence-electron chi connectivity index (χ2n) is 9.87. The number of hydrogen-bond donors (Lipinski definition) is 2. The number of benzene rings is 1. The number of nitrogens with one attached hydrogen (secondary N) is 1. The molecule has 0 aromatic heterocycles. The molecule has 0 saturated carbocycles. The zero-order valence-electron chi connectivity index (χ0n) is 20.2. The number of carbonyl (C=O) groups is 3. The quantitative estimate of drug-likeness (QED) is 0.518. The Kier molecular flexibility index (Phi) is 6.63. The zero-order chi connectivity index (χ0) is 24.6. The first kappa shape index (κ1) is 24.1. The second kappa shape index (κ2) is 9.34. The Labute approximate surface area is 200 Å². The summed E-state index contributed by atoms with van der Waals surface area (Å²) in [6.45, 7) is 7.33. The molecular weight excluding hydrogens is 430 g/mol. The number of ketones is 1. The monoisotopic (exact) mass is 463 g/mol. The summed E-state index contributed by atoms with van der Waals surface area (Å²) in [5.41, 5.74) is 1.68. The van der Waals surface area contributed by atoms with E-state index in [9.17, 15) is 19.5 Å². The van der Waals surface area contributed by atoms with Crippen molar-refractivity contribution in [3.8, 4) is 0 Å². The van der Waals surface area contributed by atoms with Crippen LogP contribution in [0, 0.1) is 17.8 Å². The summed E-state index contributed by atoms with van der Waals surface area (Å²) in [5.74, 6) is -2.43. The third-order valence-corrected chi connectivity index (χ3v) is 7.73. The number of Topliss-reactive ketones (excluding diaryl/α,β-unsaturated/α-hetero) is 1. The summed E-state index contributed by atoms with van der Waals surface area (Å²) in [7, 11) is 0. The fraction of sp³-hybridized carbons (Fsp3) is 0.464. The summed E-state index contributed by atoms with van der Waals surface area (Å²) in [6.07, 6.45) is 5.15. The number of hydrogen-bond acceptors (Lipinski definition) is 5. The number of ether oxygens (including phenoxy) is 1. The largest absolute Gasteiger partial charge is 0.447 e. The minimum Gasteiger partial charge on any atom is -0.447 e. The first-order valence-electron chi connectivity index (χ1n) is 12.0. The Balaban J connectivity index is 1.82. The van der Waals surface area contributed by atoms with Gasteiger partial charge in [0.05, 0.1) is 24.4 Å². The van der Waals surface area contributed by atoms with Gasteiger partial charge in [-0.1, -0.05) is 61.1 Å². The summed E-state index contributed by atoms with van der Waals surface area (Å²) in [4.78, 5) is 39.3. The first-order chi connectivity index (χ1) is 16.2. The van der Waals surface area contributed by atoms with Crippen molar-refractivity contribution < 1.29 is 24.2 Å². The summed E-state index contributed by atoms with van der Waals surface area (Å²) < 4.78 is 6.07. The Morgan fingerprint density at radius 3 is 2.50 bits per heavy atom. The fourth-order valence-electron chi connectivity index (χ4n) is 5.72. The maximum atomic E-state index is 13.7. The van der Waals surface area contributed by atoms with E-state index in [-0.39, 0.29) is 30.1 Å². The van der Waals surface area contributed by atoms with Crippen molar-refractivity contribution in [2.45, 2.75) is 64.7 Å². The van der Waals surface area contributed by atoms with Crippen LogP contribution in [0.1, 0.15) is 46.1 Å². The minimum absolute atomic E-state index is 0.0248. The molecule has 1 spiro atoms. The van der Waals surface area contributed by atoms with E-state index in [0.29, 0.717) is 18.4 Å². The predicted molar refractivity (Wildman–Crippen MR) is 129 cm³/mol. The lowest BCUT2D eigenvalue weighted by molar-refractivity contribution is -0.179. The lowest BCUT2D eigenvalue weighted by atomic mass is 9.63. The molecule has 4 rings (SSSR count). The van der Waals surface area contributed by atoms with Crippen LogP contribution in [0.2, 0.25) is 0 Å². The van der Waals surface area contributed by atoms with Gasteiger partial charge in [-0.25, -0.2) is 0 Å². The Morgan fingerprint density at radius 2 is 1.79 bits per heavy atom. The van der Waals surface area contributed by atoms with E-state index in [1.54, 1.807) is 19.1 Å². The minimum atomic E-state index is -1.55. The van der Waals surface area contributed by atoms with E-state index in [1.165, 1.54) is 0 Å². The van der Waals surface area contributed by atoms with Crippen LogP contribution in [0.4, 0.5) is 0 Å². The highest BCUT2D eigenvalue weighted by atomic mass is 16.6. The van der Waals surface area contributed by atoms with Gasteiger partial charge in [-0.05, 0) is 50.3 Å². The topological polar surface area (TPSA) is 92.7 Å². The van der Waals surface area contributed by atoms with Gasteiger partial charge in [-0.15, -0.1) is 0 Å². The molecule has 2 heterocycles. The predicted octanol–water partition coefficient (Wildman–Crippen LogP) is 3.45. The van der Waals surface area contributed by atoms with Crippen molar-refractivity contribution in [3.05, 3.63) is 70.8 Å². The highest BCUT2D eigenvalue weighted by Crippen LogP contribution is 2.50. The van der Waals surface area contributed by atoms with Gasteiger partial charge >= 0.3 is 5.97 Å². The third-order valence-electron chi connectivity index (χ3n) is 7.73. The Morgan fingerprint density at radius 1 is 1.09 bits per heavy atom. The van der Waals surface area contributed by atoms with Gasteiger partial charge in [0, 0.05) is 12.0 Å². The number of amides is 1. The van der Waals surface area contributed by atoms with Gasteiger partial charge in [0.15, 0.2) is 5.78 Å². The van der Waals surface area contributed by atoms with Gasteiger partial charge in [-0.2, -0.15) is 0 Å². The van der Waals surface area contributed by atoms with E-state index in [4.69, 9.17) is 4.74 Å². The van der Waals surface area contributed by atoms with Gasteiger partial charge in [-0.3, -0.25) is 14.4 Å². The van der Waals surface area contributed by atoms with Crippen LogP contribution in [-0.2, 0) is 25.5 Å². The molecule has 34 heavy (non-hydrogen) atoms. The van der Waals surface area contributed by atoms with Gasteiger partial charge in [0.1, 0.15) is 0 Å². The average Bonchev–Trinajstić information content (AvgIpc) is 3.08. The van der Waals surface area contributed by atoms with Crippen LogP contribution >= 0.6 is 0 Å². The number of esters is 1. The van der Waals surface area contributed by atoms with Crippen molar-refractivity contribution in [3.63, 3.8) is 0 Å². The van der Waals surface area contributed by atoms with Crippen LogP contribution in [0.5, 0.6) is 0 Å². The van der Waals surface area contributed by atoms with E-state index in [2.05, 4.69) is 5.32 Å². The number of rotatable bonds is 2. The van der Waals surface area contributed by atoms with E-state index in [0.717, 1.165) is 16.7 Å². The van der Waals surface area contributed by atoms with Crippen molar-refractivity contribution in [2.75, 3.05) is 0 Å². The maximum absolute atomic E-state index is 13.7. The molecule has 0 radical (unpaired) electrons. The van der Waals surface area contributed by atoms with Crippen LogP contribution in [-0.4, -0.2) is 40.5 Å². The molecule has 1 aromatic rings. The van der Waals surface area contributed by atoms with Gasteiger partial charge in [0.25, 0.3) is 5.91 Å². The lowest BCUT2D eigenvalue weighted by Crippen LogP contribution is -2.59. The molecule has 2 N–H and O–H groups in total. The molecule has 0 bridgehead atoms. The summed E-state index contributed by atoms with van der Waals surface area (Å²) in [6, 6.07) is 9.60. The Hall–Kier alpha value is -2.99. The molecule has 1 amide bonds. The number of aliphatic hydroxyl groups is 1. The van der Waals surface area contributed by atoms with Crippen LogP contribution in [0.3, 0.4) is 0 Å². The summed E-state index contributed by atoms with van der Waals surface area (Å²) in [5, 5.41) is 14.4. The smallest absolute Gasteiger partial charge is 0.310 e. The van der Waals surface area contributed by atoms with Crippen LogP contribution in [0.15, 0.2) is 65.3 Å². The Bertz CT molecular complexity index is 1090. The highest BCUT2D eigenvalue weighted by molar-refractivity contribution is 5.97. The first-order valence-corrected chi connectivity index (χ1v) is 12.0. The van der Waals surface area contributed by atoms with Crippen LogP contribution in [0.25, 0.3) is 0 Å². The normalized spacial score (nSPS) is 36.8. The van der Waals surface area contributed by atoms with Crippen molar-refractivity contribution in [1.29, 1.82) is 0 Å². The SMILES string of the molecule is CC1=C(C)[C@H]2[C@H](Cc3ccccc3)NC(=O)[C@]23OC(=O)C/C=C(\C)C(=O)[C@@H](C)C/C=C/[C@H]3[C@@H]1O. The fourth-order valence-corrected chi connectivity index (χ4v) is 5.72. The molecule has 0 unspecified atom stereocenters. The lowest BCUT2D eigenvalue weighted by Gasteiger charge is -2.46. The van der Waals surface area contributed by atoms with Gasteiger partial charge in [0.2, 0.25) is 5.60 Å². The molecule has 180 valence electrons. The van der Waals surface area contributed by atoms with Crippen LogP contribution < -0.4 is 5.32 Å². The average molecular weight is 464 g/mol. The van der Waals surface area contributed by atoms with Gasteiger partial charge < -0.3 is 15.2 Å². The molecule has 6 nitrogen and oxygen atoms in total. The second-order valence-corrected chi connectivity index (χ2v) is 9.87. The van der Waals surface area contributed by atoms with E-state index < -0.39 is 29.5 Å². The molecule has 1 aliphatic carbocycles. The summed E-state index contributed by atoms with van der Waals surface area (Å²) >= 11 is 0.